The molecule has 0 radical (unpaired) electrons. The van der Waals surface area contributed by atoms with Gasteiger partial charge in [-0.1, -0.05) is 72.8 Å². The molecule has 0 saturated carbocycles. The predicted octanol–water partition coefficient (Wildman–Crippen LogP) is 8.42. The largest absolute Gasteiger partial charge is 0.491 e. The lowest BCUT2D eigenvalue weighted by Crippen LogP contribution is -2.12. The molecule has 43 heavy (non-hydrogen) atoms. The second-order valence-corrected chi connectivity index (χ2v) is 11.6. The summed E-state index contributed by atoms with van der Waals surface area (Å²) in [6.45, 7) is 3.99. The Labute approximate surface area is 251 Å². The van der Waals surface area contributed by atoms with Crippen molar-refractivity contribution in [1.29, 1.82) is 0 Å². The van der Waals surface area contributed by atoms with Gasteiger partial charge in [0.2, 0.25) is 0 Å². The van der Waals surface area contributed by atoms with E-state index in [9.17, 15) is 10.2 Å². The number of hydrogen-bond donors (Lipinski definition) is 2. The molecule has 6 aromatic rings. The highest BCUT2D eigenvalue weighted by Gasteiger charge is 2.24. The van der Waals surface area contributed by atoms with Gasteiger partial charge in [-0.05, 0) is 123 Å². The summed E-state index contributed by atoms with van der Waals surface area (Å²) >= 11 is 0. The van der Waals surface area contributed by atoms with E-state index in [0.29, 0.717) is 0 Å². The minimum atomic E-state index is -0.513. The van der Waals surface area contributed by atoms with Gasteiger partial charge in [-0.2, -0.15) is 0 Å². The molecule has 214 valence electrons. The fourth-order valence-electron chi connectivity index (χ4n) is 6.17. The molecular formula is C39H34O4. The Morgan fingerprint density at radius 1 is 0.558 bits per heavy atom. The van der Waals surface area contributed by atoms with Crippen LogP contribution in [-0.2, 0) is 6.42 Å². The summed E-state index contributed by atoms with van der Waals surface area (Å²) in [6.07, 6.45) is -0.125. The summed E-state index contributed by atoms with van der Waals surface area (Å²) in [4.78, 5) is 0. The highest BCUT2D eigenvalue weighted by Crippen LogP contribution is 2.46. The van der Waals surface area contributed by atoms with E-state index in [4.69, 9.17) is 9.47 Å². The van der Waals surface area contributed by atoms with Crippen LogP contribution in [0.4, 0.5) is 0 Å². The Morgan fingerprint density at radius 3 is 1.74 bits per heavy atom. The minimum absolute atomic E-state index is 0.269. The van der Waals surface area contributed by atoms with Crippen LogP contribution in [0.15, 0.2) is 109 Å². The Morgan fingerprint density at radius 2 is 1.09 bits per heavy atom. The van der Waals surface area contributed by atoms with Crippen LogP contribution in [0.2, 0.25) is 0 Å². The van der Waals surface area contributed by atoms with Crippen molar-refractivity contribution in [2.24, 2.45) is 0 Å². The minimum Gasteiger partial charge on any atom is -0.491 e. The number of rotatable bonds is 8. The van der Waals surface area contributed by atoms with Crippen LogP contribution in [0.1, 0.15) is 25.0 Å². The van der Waals surface area contributed by atoms with E-state index < -0.39 is 12.2 Å². The van der Waals surface area contributed by atoms with E-state index in [1.807, 2.05) is 24.3 Å². The molecule has 2 atom stereocenters. The summed E-state index contributed by atoms with van der Waals surface area (Å²) in [7, 11) is 0. The van der Waals surface area contributed by atoms with Gasteiger partial charge in [-0.15, -0.1) is 0 Å². The van der Waals surface area contributed by atoms with Crippen molar-refractivity contribution in [3.05, 3.63) is 120 Å². The van der Waals surface area contributed by atoms with Gasteiger partial charge in [0.15, 0.2) is 0 Å². The molecule has 2 N–H and O–H groups in total. The van der Waals surface area contributed by atoms with Gasteiger partial charge < -0.3 is 19.7 Å². The summed E-state index contributed by atoms with van der Waals surface area (Å²) in [5.41, 5.74) is 10.2. The third kappa shape index (κ3) is 5.36. The third-order valence-electron chi connectivity index (χ3n) is 8.19. The highest BCUT2D eigenvalue weighted by atomic mass is 16.5. The molecule has 7 rings (SSSR count). The zero-order valence-corrected chi connectivity index (χ0v) is 24.4. The maximum absolute atomic E-state index is 9.62. The smallest absolute Gasteiger partial charge is 0.120 e. The van der Waals surface area contributed by atoms with Gasteiger partial charge in [-0.25, -0.2) is 0 Å². The van der Waals surface area contributed by atoms with Gasteiger partial charge in [0, 0.05) is 0 Å². The van der Waals surface area contributed by atoms with Crippen LogP contribution >= 0.6 is 0 Å². The van der Waals surface area contributed by atoms with Crippen molar-refractivity contribution >= 4 is 21.5 Å². The maximum Gasteiger partial charge on any atom is 0.120 e. The van der Waals surface area contributed by atoms with E-state index in [2.05, 4.69) is 84.9 Å². The SMILES string of the molecule is CC(O)COc1ccc2cc(-c3ccc4c(c3-c3ccc5cc(OCC(C)O)ccc5c3)Cc3ccccc3-4)ccc2c1. The lowest BCUT2D eigenvalue weighted by molar-refractivity contribution is 0.122. The van der Waals surface area contributed by atoms with E-state index >= 15 is 0 Å². The molecule has 0 bridgehead atoms. The molecule has 0 spiro atoms. The lowest BCUT2D eigenvalue weighted by Gasteiger charge is -2.17. The number of hydrogen-bond acceptors (Lipinski definition) is 4. The Bertz CT molecular complexity index is 1970. The average Bonchev–Trinajstić information content (AvgIpc) is 3.40. The zero-order chi connectivity index (χ0) is 29.5. The maximum atomic E-state index is 9.62. The molecule has 4 heteroatoms. The monoisotopic (exact) mass is 566 g/mol. The number of ether oxygens (including phenoxy) is 2. The van der Waals surface area contributed by atoms with Crippen molar-refractivity contribution < 1.29 is 19.7 Å². The lowest BCUT2D eigenvalue weighted by atomic mass is 9.86. The molecule has 0 heterocycles. The first-order valence-corrected chi connectivity index (χ1v) is 14.9. The van der Waals surface area contributed by atoms with Gasteiger partial charge in [-0.3, -0.25) is 0 Å². The van der Waals surface area contributed by atoms with Gasteiger partial charge in [0.05, 0.1) is 12.2 Å². The topological polar surface area (TPSA) is 58.9 Å². The van der Waals surface area contributed by atoms with E-state index in [0.717, 1.165) is 39.5 Å². The number of aliphatic hydroxyl groups excluding tert-OH is 2. The highest BCUT2D eigenvalue weighted by molar-refractivity contribution is 5.99. The molecular weight excluding hydrogens is 532 g/mol. The average molecular weight is 567 g/mol. The Hall–Kier alpha value is -4.64. The number of benzene rings is 6. The fourth-order valence-corrected chi connectivity index (χ4v) is 6.17. The molecule has 1 aliphatic rings. The fraction of sp³-hybridized carbons (Fsp3) is 0.179. The van der Waals surface area contributed by atoms with Crippen LogP contribution in [-0.4, -0.2) is 35.6 Å². The Kier molecular flexibility index (Phi) is 7.10. The van der Waals surface area contributed by atoms with E-state index in [-0.39, 0.29) is 13.2 Å². The predicted molar refractivity (Wildman–Crippen MR) is 175 cm³/mol. The molecule has 6 aromatic carbocycles. The molecule has 0 fully saturated rings. The molecule has 2 unspecified atom stereocenters. The van der Waals surface area contributed by atoms with Crippen molar-refractivity contribution in [1.82, 2.24) is 0 Å². The summed E-state index contributed by atoms with van der Waals surface area (Å²) in [6, 6.07) is 38.7. The van der Waals surface area contributed by atoms with Crippen LogP contribution < -0.4 is 9.47 Å². The number of fused-ring (bicyclic) bond motifs is 5. The second kappa shape index (κ2) is 11.2. The van der Waals surface area contributed by atoms with Crippen LogP contribution in [0.25, 0.3) is 54.9 Å². The molecule has 4 nitrogen and oxygen atoms in total. The standard InChI is InChI=1S/C39H34O4/c1-24(40)22-42-33-13-11-26-17-31(9-7-28(26)19-33)36-15-16-37-35-6-4-3-5-30(35)21-38(37)39(36)32-10-8-29-20-34(43-23-25(2)41)14-12-27(29)18-32/h3-20,24-25,40-41H,21-23H2,1-2H3. The first-order chi connectivity index (χ1) is 20.9. The van der Waals surface area contributed by atoms with Gasteiger partial charge in [0.1, 0.15) is 24.7 Å². The third-order valence-corrected chi connectivity index (χ3v) is 8.19. The van der Waals surface area contributed by atoms with Gasteiger partial charge in [0.25, 0.3) is 0 Å². The van der Waals surface area contributed by atoms with E-state index in [1.165, 1.54) is 44.5 Å². The normalized spacial score (nSPS) is 13.5. The molecule has 0 saturated heterocycles. The molecule has 1 aliphatic carbocycles. The van der Waals surface area contributed by atoms with Crippen LogP contribution in [0, 0.1) is 0 Å². The summed E-state index contributed by atoms with van der Waals surface area (Å²) < 4.78 is 11.5. The quantitative estimate of drug-likeness (QED) is 0.194. The van der Waals surface area contributed by atoms with Crippen molar-refractivity contribution in [3.63, 3.8) is 0 Å². The van der Waals surface area contributed by atoms with Crippen molar-refractivity contribution in [2.45, 2.75) is 32.5 Å². The molecule has 0 aliphatic heterocycles. The zero-order valence-electron chi connectivity index (χ0n) is 24.4. The molecule has 0 aromatic heterocycles. The molecule has 0 amide bonds. The summed E-state index contributed by atoms with van der Waals surface area (Å²) in [5, 5.41) is 23.7. The number of aliphatic hydroxyl groups is 2. The second-order valence-electron chi connectivity index (χ2n) is 11.6. The van der Waals surface area contributed by atoms with Crippen molar-refractivity contribution in [2.75, 3.05) is 13.2 Å². The Balaban J connectivity index is 1.34. The van der Waals surface area contributed by atoms with Crippen molar-refractivity contribution in [3.8, 4) is 44.9 Å². The van der Waals surface area contributed by atoms with E-state index in [1.54, 1.807) is 13.8 Å². The van der Waals surface area contributed by atoms with Gasteiger partial charge >= 0.3 is 0 Å². The first-order valence-electron chi connectivity index (χ1n) is 14.9. The van der Waals surface area contributed by atoms with Crippen LogP contribution in [0.3, 0.4) is 0 Å². The summed E-state index contributed by atoms with van der Waals surface area (Å²) in [5.74, 6) is 1.52. The van der Waals surface area contributed by atoms with Crippen LogP contribution in [0.5, 0.6) is 11.5 Å². The first kappa shape index (κ1) is 27.2.